The highest BCUT2D eigenvalue weighted by Crippen LogP contribution is 2.48. The maximum Gasteiger partial charge on any atom is 0.460 e. The van der Waals surface area contributed by atoms with Crippen LogP contribution in [-0.2, 0) is 24.3 Å². The van der Waals surface area contributed by atoms with Crippen molar-refractivity contribution >= 4 is 63.1 Å². The standard InChI is InChI=1S/C19H20N2.C19H18N2.C10H13NO.C10H21N.C9H19BO2.C8H17NO.C7H17N.C7H12.C5H13N/c2*1-19(2,3)18-17-15(12-13-8-6-7-11-21(13)17)14-9-4-5-10-16(14)20-18;1-8(2)10(12)11-9-6-4-3-5-7-9;1-10(2,3)9-11-7-5-4-6-8-11;1-7(2)10-11-8(3,4)9(5,6)12-10;1-5-9(6-2)8(10)7(3)4;1-5-8(6-2)7(3)4;1-4-5-6-7(2)3;1-5(2)6(3)4/h4-12,18,20H,1-3H3;4-12H,1-3H3;3-8H,1-2H3,(H,11,12);4-9H2,1-3H3;7H,1-6H3;7H,5-6H2,1-4H3;7H,5-6H2,1-4H3;4-7H,1H2,2-3H3;5H,1-4H3/b;;;;;;;6-5+;. The minimum absolute atomic E-state index is 0.00636. The second-order valence-electron chi connectivity index (χ2n) is 35.2. The summed E-state index contributed by atoms with van der Waals surface area (Å²) in [5, 5.41) is 9.07. The molecule has 3 aliphatic rings. The number of piperidine rings is 1. The fraction of sp³-hybridized carbons (Fsp3) is 0.564. The van der Waals surface area contributed by atoms with E-state index in [1.165, 1.54) is 102 Å². The number of fused-ring (bicyclic) bond motifs is 10. The Balaban J connectivity index is 0.000000326. The molecule has 8 aromatic rings. The summed E-state index contributed by atoms with van der Waals surface area (Å²) in [6.07, 6.45) is 14.4. The molecule has 2 amide bonds. The van der Waals surface area contributed by atoms with Gasteiger partial charge in [-0.3, -0.25) is 14.6 Å². The third-order valence-corrected chi connectivity index (χ3v) is 19.7. The molecule has 3 aliphatic heterocycles. The number of anilines is 2. The van der Waals surface area contributed by atoms with Crippen LogP contribution in [0.3, 0.4) is 0 Å². The molecule has 2 N–H and O–H groups in total. The fourth-order valence-corrected chi connectivity index (χ4v) is 12.3. The summed E-state index contributed by atoms with van der Waals surface area (Å²) in [6.45, 7) is 73.6. The predicted molar refractivity (Wildman–Crippen MR) is 472 cm³/mol. The molecule has 11 rings (SSSR count). The Bertz CT molecular complexity index is 3910. The number of pyridine rings is 3. The molecule has 8 heterocycles. The summed E-state index contributed by atoms with van der Waals surface area (Å²) in [5.74, 6) is 1.56. The van der Waals surface area contributed by atoms with E-state index >= 15 is 0 Å². The fourth-order valence-electron chi connectivity index (χ4n) is 12.3. The van der Waals surface area contributed by atoms with Gasteiger partial charge in [0, 0.05) is 106 Å². The topological polar surface area (TPSA) is 111 Å². The van der Waals surface area contributed by atoms with Gasteiger partial charge in [0.15, 0.2) is 0 Å². The van der Waals surface area contributed by atoms with E-state index in [0.717, 1.165) is 30.0 Å². The SMILES string of the molecule is C=C/C=C/C(C)C.CC(C)(C)C1Nc2ccccc2-c2cc3ccccn3c21.CC(C)(C)CN1CCCCC1.CC(C)(C)c1nc2ccccc2c2cc3ccccn3c12.CC(C)B1OC(C)(C)C(C)(C)O1.CC(C)C(=O)Nc1ccccc1.CC(C)N(C)C.CCN(CC)C(=O)C(C)C.CCN(CC)C(C)C. The van der Waals surface area contributed by atoms with E-state index in [2.05, 4.69) is 330 Å². The Hall–Kier alpha value is -7.07. The monoisotopic (exact) mass is 1480 g/mol. The Morgan fingerprint density at radius 1 is 0.630 bits per heavy atom. The Kier molecular flexibility index (Phi) is 39.4. The summed E-state index contributed by atoms with van der Waals surface area (Å²) in [6, 6.07) is 45.5. The lowest BCUT2D eigenvalue weighted by atomic mass is 9.75. The minimum atomic E-state index is -0.179. The number of rotatable bonds is 13. The molecule has 13 nitrogen and oxygen atoms in total. The molecule has 0 spiro atoms. The average molecular weight is 1480 g/mol. The van der Waals surface area contributed by atoms with Crippen LogP contribution in [-0.4, -0.2) is 136 Å². The number of nitrogens with one attached hydrogen (secondary N) is 2. The molecular formula is C94H150BN9O4. The molecule has 2 saturated heterocycles. The summed E-state index contributed by atoms with van der Waals surface area (Å²) in [4.78, 5) is 36.4. The number of carbonyl (C=O) groups excluding carboxylic acids is 2. The molecular weight excluding hydrogens is 1330 g/mol. The molecule has 1 atom stereocenters. The lowest BCUT2D eigenvalue weighted by molar-refractivity contribution is -0.134. The van der Waals surface area contributed by atoms with Gasteiger partial charge in [0.25, 0.3) is 0 Å². The van der Waals surface area contributed by atoms with Crippen molar-refractivity contribution < 1.29 is 18.9 Å². The van der Waals surface area contributed by atoms with Gasteiger partial charge in [0.05, 0.1) is 39.7 Å². The third-order valence-electron chi connectivity index (χ3n) is 19.7. The molecule has 2 fully saturated rings. The molecule has 0 aliphatic carbocycles. The number of carbonyl (C=O) groups is 2. The molecule has 598 valence electrons. The van der Waals surface area contributed by atoms with Crippen molar-refractivity contribution in [2.75, 3.05) is 70.5 Å². The van der Waals surface area contributed by atoms with Crippen LogP contribution >= 0.6 is 0 Å². The van der Waals surface area contributed by atoms with E-state index in [9.17, 15) is 9.59 Å². The van der Waals surface area contributed by atoms with Crippen molar-refractivity contribution in [3.05, 3.63) is 176 Å². The maximum absolute atomic E-state index is 11.2. The molecule has 0 radical (unpaired) electrons. The molecule has 14 heteroatoms. The van der Waals surface area contributed by atoms with E-state index in [1.807, 2.05) is 82.9 Å². The number of hydrogen-bond donors (Lipinski definition) is 2. The zero-order valence-corrected chi connectivity index (χ0v) is 73.7. The molecule has 3 aromatic carbocycles. The van der Waals surface area contributed by atoms with Crippen LogP contribution in [0.4, 0.5) is 11.4 Å². The normalized spacial score (nSPS) is 15.2. The van der Waals surface area contributed by atoms with Crippen molar-refractivity contribution in [1.29, 1.82) is 0 Å². The van der Waals surface area contributed by atoms with Crippen molar-refractivity contribution in [3.63, 3.8) is 0 Å². The van der Waals surface area contributed by atoms with Gasteiger partial charge < -0.3 is 48.3 Å². The van der Waals surface area contributed by atoms with Crippen molar-refractivity contribution in [2.24, 2.45) is 28.6 Å². The molecule has 1 unspecified atom stereocenters. The molecule has 5 aromatic heterocycles. The van der Waals surface area contributed by atoms with E-state index in [0.29, 0.717) is 35.3 Å². The second kappa shape index (κ2) is 44.7. The van der Waals surface area contributed by atoms with E-state index in [-0.39, 0.29) is 52.8 Å². The maximum atomic E-state index is 11.2. The zero-order chi connectivity index (χ0) is 81.7. The van der Waals surface area contributed by atoms with Gasteiger partial charge in [-0.05, 0) is 206 Å². The van der Waals surface area contributed by atoms with Gasteiger partial charge in [-0.15, -0.1) is 0 Å². The van der Waals surface area contributed by atoms with Crippen molar-refractivity contribution in [3.8, 4) is 11.1 Å². The highest BCUT2D eigenvalue weighted by molar-refractivity contribution is 6.47. The Morgan fingerprint density at radius 2 is 1.14 bits per heavy atom. The number of para-hydroxylation sites is 3. The number of aromatic nitrogens is 3. The number of nitrogens with zero attached hydrogens (tertiary/aromatic N) is 7. The highest BCUT2D eigenvalue weighted by Gasteiger charge is 2.52. The Morgan fingerprint density at radius 3 is 1.56 bits per heavy atom. The van der Waals surface area contributed by atoms with Crippen LogP contribution in [0.25, 0.3) is 44.0 Å². The first-order valence-corrected chi connectivity index (χ1v) is 40.6. The van der Waals surface area contributed by atoms with Crippen molar-refractivity contribution in [2.45, 2.75) is 261 Å². The third kappa shape index (κ3) is 30.3. The van der Waals surface area contributed by atoms with Gasteiger partial charge >= 0.3 is 7.12 Å². The van der Waals surface area contributed by atoms with Crippen LogP contribution in [0, 0.1) is 28.6 Å². The summed E-state index contributed by atoms with van der Waals surface area (Å²) < 4.78 is 16.2. The van der Waals surface area contributed by atoms with Crippen LogP contribution in [0.2, 0.25) is 5.82 Å². The van der Waals surface area contributed by atoms with Crippen LogP contribution < -0.4 is 10.6 Å². The minimum Gasteiger partial charge on any atom is -0.403 e. The molecule has 0 bridgehead atoms. The summed E-state index contributed by atoms with van der Waals surface area (Å²) in [7, 11) is 4.10. The lowest BCUT2D eigenvalue weighted by Gasteiger charge is -2.37. The van der Waals surface area contributed by atoms with Crippen LogP contribution in [0.5, 0.6) is 0 Å². The zero-order valence-electron chi connectivity index (χ0n) is 73.7. The number of allylic oxidation sites excluding steroid dienone is 3. The summed E-state index contributed by atoms with van der Waals surface area (Å²) >= 11 is 0. The molecule has 0 saturated carbocycles. The van der Waals surface area contributed by atoms with Gasteiger partial charge in [-0.2, -0.15) is 0 Å². The first-order valence-electron chi connectivity index (χ1n) is 40.6. The van der Waals surface area contributed by atoms with Gasteiger partial charge in [-0.1, -0.05) is 230 Å². The van der Waals surface area contributed by atoms with Crippen molar-refractivity contribution in [1.82, 2.24) is 33.4 Å². The number of amides is 2. The quantitative estimate of drug-likeness (QED) is 0.0861. The summed E-state index contributed by atoms with van der Waals surface area (Å²) in [5.41, 5.74) is 12.3. The lowest BCUT2D eigenvalue weighted by Crippen LogP contribution is -2.41. The number of hydrogen-bond acceptors (Lipinski definition) is 9. The van der Waals surface area contributed by atoms with E-state index in [4.69, 9.17) is 14.3 Å². The smallest absolute Gasteiger partial charge is 0.403 e. The van der Waals surface area contributed by atoms with E-state index < -0.39 is 0 Å². The Labute approximate surface area is 658 Å². The van der Waals surface area contributed by atoms with Gasteiger partial charge in [-0.25, -0.2) is 0 Å². The average Bonchev–Trinajstić information content (AvgIpc) is 1.62. The first-order chi connectivity index (χ1) is 50.4. The van der Waals surface area contributed by atoms with Gasteiger partial charge in [0.1, 0.15) is 0 Å². The second-order valence-corrected chi connectivity index (χ2v) is 35.2. The van der Waals surface area contributed by atoms with Crippen LogP contribution in [0.15, 0.2) is 165 Å². The van der Waals surface area contributed by atoms with E-state index in [1.54, 1.807) is 6.08 Å². The largest absolute Gasteiger partial charge is 0.460 e. The molecule has 108 heavy (non-hydrogen) atoms. The first kappa shape index (κ1) is 95.1. The van der Waals surface area contributed by atoms with Gasteiger partial charge in [0.2, 0.25) is 11.8 Å². The van der Waals surface area contributed by atoms with Crippen LogP contribution in [0.1, 0.15) is 237 Å². The number of benzene rings is 3. The predicted octanol–water partition coefficient (Wildman–Crippen LogP) is 23.9. The highest BCUT2D eigenvalue weighted by atomic mass is 16.7. The number of likely N-dealkylation sites (tertiary alicyclic amines) is 1.